The van der Waals surface area contributed by atoms with E-state index in [9.17, 15) is 13.2 Å². The fourth-order valence-corrected chi connectivity index (χ4v) is 3.57. The number of ether oxygens (including phenoxy) is 3. The molecule has 11 nitrogen and oxygen atoms in total. The van der Waals surface area contributed by atoms with E-state index < -0.39 is 21.9 Å². The van der Waals surface area contributed by atoms with Gasteiger partial charge in [0.2, 0.25) is 0 Å². The van der Waals surface area contributed by atoms with Crippen molar-refractivity contribution in [3.8, 4) is 22.8 Å². The molecule has 0 saturated heterocycles. The minimum Gasteiger partial charge on any atom is -0.493 e. The first kappa shape index (κ1) is 24.1. The van der Waals surface area contributed by atoms with Crippen LogP contribution >= 0.6 is 0 Å². The molecule has 0 spiro atoms. The van der Waals surface area contributed by atoms with Crippen molar-refractivity contribution >= 4 is 27.2 Å². The Labute approximate surface area is 191 Å². The van der Waals surface area contributed by atoms with Crippen molar-refractivity contribution in [2.24, 2.45) is 0 Å². The normalized spacial score (nSPS) is 11.8. The number of rotatable bonds is 7. The lowest BCUT2D eigenvalue weighted by Crippen LogP contribution is -2.42. The first-order valence-corrected chi connectivity index (χ1v) is 11.3. The van der Waals surface area contributed by atoms with Crippen molar-refractivity contribution in [2.75, 3.05) is 14.2 Å². The van der Waals surface area contributed by atoms with Crippen LogP contribution in [0.4, 0.5) is 4.79 Å². The monoisotopic (exact) mass is 475 g/mol. The van der Waals surface area contributed by atoms with Crippen molar-refractivity contribution in [2.45, 2.75) is 32.9 Å². The maximum Gasteiger partial charge on any atom is 0.422 e. The topological polar surface area (TPSA) is 142 Å². The average Bonchev–Trinajstić information content (AvgIpc) is 2.75. The zero-order valence-electron chi connectivity index (χ0n) is 18.9. The number of nitrogens with zero attached hydrogens (tertiary/aromatic N) is 3. The molecule has 0 aliphatic carbocycles. The summed E-state index contributed by atoms with van der Waals surface area (Å²) in [6.45, 7) is 4.76. The summed E-state index contributed by atoms with van der Waals surface area (Å²) >= 11 is 0. The third-order valence-corrected chi connectivity index (χ3v) is 5.26. The summed E-state index contributed by atoms with van der Waals surface area (Å²) in [7, 11) is -1.03. The Balaban J connectivity index is 1.76. The van der Waals surface area contributed by atoms with Crippen molar-refractivity contribution in [1.82, 2.24) is 24.4 Å². The van der Waals surface area contributed by atoms with Crippen molar-refractivity contribution in [3.63, 3.8) is 0 Å². The first-order chi connectivity index (χ1) is 15.5. The molecule has 12 heteroatoms. The molecule has 0 aliphatic heterocycles. The molecule has 3 rings (SSSR count). The van der Waals surface area contributed by atoms with E-state index in [1.165, 1.54) is 6.33 Å². The molecule has 2 N–H and O–H groups in total. The molecule has 33 heavy (non-hydrogen) atoms. The van der Waals surface area contributed by atoms with Crippen LogP contribution in [-0.4, -0.2) is 49.3 Å². The van der Waals surface area contributed by atoms with Crippen molar-refractivity contribution in [1.29, 1.82) is 0 Å². The molecule has 1 amide bonds. The number of carbonyl (C=O) groups excluding carboxylic acids is 1. The molecule has 2 aromatic heterocycles. The average molecular weight is 476 g/mol. The Morgan fingerprint density at radius 1 is 1.03 bits per heavy atom. The van der Waals surface area contributed by atoms with E-state index in [1.807, 2.05) is 0 Å². The summed E-state index contributed by atoms with van der Waals surface area (Å²) < 4.78 is 43.8. The zero-order valence-corrected chi connectivity index (χ0v) is 19.7. The van der Waals surface area contributed by atoms with Crippen LogP contribution in [0.3, 0.4) is 0 Å². The van der Waals surface area contributed by atoms with Gasteiger partial charge in [-0.05, 0) is 39.0 Å². The molecular formula is C21H25N5O6S. The molecular weight excluding hydrogens is 450 g/mol. The van der Waals surface area contributed by atoms with Crippen molar-refractivity contribution < 1.29 is 27.4 Å². The minimum absolute atomic E-state index is 0.131. The summed E-state index contributed by atoms with van der Waals surface area (Å²) in [4.78, 5) is 24.6. The fourth-order valence-electron chi connectivity index (χ4n) is 2.90. The van der Waals surface area contributed by atoms with Crippen LogP contribution in [-0.2, 0) is 21.5 Å². The molecule has 0 bridgehead atoms. The van der Waals surface area contributed by atoms with Gasteiger partial charge in [0.05, 0.1) is 37.7 Å². The van der Waals surface area contributed by atoms with E-state index in [1.54, 1.807) is 70.2 Å². The molecule has 0 atom stereocenters. The molecule has 2 heterocycles. The van der Waals surface area contributed by atoms with Crippen LogP contribution in [0.2, 0.25) is 0 Å². The Bertz CT molecular complexity index is 1260. The number of nitrogens with one attached hydrogen (secondary N) is 2. The Morgan fingerprint density at radius 2 is 1.73 bits per heavy atom. The number of aromatic nitrogens is 3. The highest BCUT2D eigenvalue weighted by molar-refractivity contribution is 7.88. The highest BCUT2D eigenvalue weighted by Gasteiger charge is 2.21. The summed E-state index contributed by atoms with van der Waals surface area (Å²) in [6.07, 6.45) is 1.94. The summed E-state index contributed by atoms with van der Waals surface area (Å²) in [5.74, 6) is 1.09. The van der Waals surface area contributed by atoms with Gasteiger partial charge < -0.3 is 14.2 Å². The van der Waals surface area contributed by atoms with Gasteiger partial charge in [-0.25, -0.2) is 19.5 Å². The quantitative estimate of drug-likeness (QED) is 0.527. The summed E-state index contributed by atoms with van der Waals surface area (Å²) in [6, 6.07) is 6.96. The number of benzene rings is 1. The maximum absolute atomic E-state index is 12.1. The van der Waals surface area contributed by atoms with Crippen LogP contribution in [0, 0.1) is 0 Å². The number of methoxy groups -OCH3 is 2. The third kappa shape index (κ3) is 6.26. The maximum atomic E-state index is 12.1. The Kier molecular flexibility index (Phi) is 6.98. The number of hydrogen-bond acceptors (Lipinski definition) is 9. The lowest BCUT2D eigenvalue weighted by molar-refractivity contribution is 0.0569. The van der Waals surface area contributed by atoms with Crippen LogP contribution < -0.4 is 18.9 Å². The molecule has 1 aromatic carbocycles. The van der Waals surface area contributed by atoms with Gasteiger partial charge in [-0.15, -0.1) is 0 Å². The second kappa shape index (κ2) is 9.55. The van der Waals surface area contributed by atoms with Gasteiger partial charge in [0.15, 0.2) is 11.5 Å². The molecule has 0 fully saturated rings. The van der Waals surface area contributed by atoms with Crippen LogP contribution in [0.15, 0.2) is 36.8 Å². The minimum atomic E-state index is -4.12. The number of pyridine rings is 1. The molecule has 0 unspecified atom stereocenters. The lowest BCUT2D eigenvalue weighted by atomic mass is 10.1. The number of carbonyl (C=O) groups is 1. The van der Waals surface area contributed by atoms with Gasteiger partial charge in [-0.3, -0.25) is 4.98 Å². The summed E-state index contributed by atoms with van der Waals surface area (Å²) in [5.41, 5.74) is 1.62. The van der Waals surface area contributed by atoms with Crippen LogP contribution in [0.5, 0.6) is 11.5 Å². The summed E-state index contributed by atoms with van der Waals surface area (Å²) in [5, 5.41) is 0.743. The highest BCUT2D eigenvalue weighted by atomic mass is 32.2. The van der Waals surface area contributed by atoms with E-state index in [2.05, 4.69) is 19.7 Å². The van der Waals surface area contributed by atoms with E-state index in [-0.39, 0.29) is 6.54 Å². The van der Waals surface area contributed by atoms with E-state index >= 15 is 0 Å². The van der Waals surface area contributed by atoms with E-state index in [0.29, 0.717) is 34.0 Å². The van der Waals surface area contributed by atoms with Gasteiger partial charge >= 0.3 is 16.3 Å². The molecule has 0 radical (unpaired) electrons. The second-order valence-corrected chi connectivity index (χ2v) is 9.41. The number of hydrogen-bond donors (Lipinski definition) is 2. The number of fused-ring (bicyclic) bond motifs is 1. The second-order valence-electron chi connectivity index (χ2n) is 7.91. The third-order valence-electron chi connectivity index (χ3n) is 4.30. The first-order valence-electron chi connectivity index (χ1n) is 9.84. The predicted molar refractivity (Wildman–Crippen MR) is 121 cm³/mol. The van der Waals surface area contributed by atoms with E-state index in [4.69, 9.17) is 14.2 Å². The van der Waals surface area contributed by atoms with Gasteiger partial charge in [0.1, 0.15) is 11.9 Å². The molecule has 3 aromatic rings. The van der Waals surface area contributed by atoms with Crippen LogP contribution in [0.25, 0.3) is 22.2 Å². The standard InChI is InChI=1S/C21H25N5O6S/c1-21(2,3)32-20(27)26-33(28,29)25-11-14-7-6-13(10-22-14)19-15-8-17(30-4)18(31-5)9-16(15)23-12-24-19/h6-10,12,25H,11H2,1-5H3,(H,26,27). The fraction of sp³-hybridized carbons (Fsp3) is 0.333. The van der Waals surface area contributed by atoms with Gasteiger partial charge in [0, 0.05) is 23.2 Å². The largest absolute Gasteiger partial charge is 0.493 e. The Morgan fingerprint density at radius 3 is 2.33 bits per heavy atom. The number of amides is 1. The van der Waals surface area contributed by atoms with Crippen molar-refractivity contribution in [3.05, 3.63) is 42.5 Å². The van der Waals surface area contributed by atoms with Gasteiger partial charge in [0.25, 0.3) is 0 Å². The van der Waals surface area contributed by atoms with Gasteiger partial charge in [-0.1, -0.05) is 0 Å². The van der Waals surface area contributed by atoms with Crippen LogP contribution in [0.1, 0.15) is 26.5 Å². The predicted octanol–water partition coefficient (Wildman–Crippen LogP) is 2.57. The SMILES string of the molecule is COc1cc2ncnc(-c3ccc(CNS(=O)(=O)NC(=O)OC(C)(C)C)nc3)c2cc1OC. The zero-order chi connectivity index (χ0) is 24.2. The molecule has 0 aliphatic rings. The molecule has 176 valence electrons. The van der Waals surface area contributed by atoms with Gasteiger partial charge in [-0.2, -0.15) is 13.1 Å². The smallest absolute Gasteiger partial charge is 0.422 e. The molecule has 0 saturated carbocycles. The highest BCUT2D eigenvalue weighted by Crippen LogP contribution is 2.34. The van der Waals surface area contributed by atoms with E-state index in [0.717, 1.165) is 5.39 Å². The lowest BCUT2D eigenvalue weighted by Gasteiger charge is -2.19. The Hall–Kier alpha value is -3.51.